The van der Waals surface area contributed by atoms with Gasteiger partial charge in [0.1, 0.15) is 5.75 Å². The van der Waals surface area contributed by atoms with Gasteiger partial charge in [-0.25, -0.2) is 0 Å². The van der Waals surface area contributed by atoms with Crippen molar-refractivity contribution in [3.63, 3.8) is 0 Å². The number of ether oxygens (including phenoxy) is 1. The second kappa shape index (κ2) is 8.45. The lowest BCUT2D eigenvalue weighted by atomic mass is 10.1. The van der Waals surface area contributed by atoms with Crippen LogP contribution in [0.15, 0.2) is 47.6 Å². The van der Waals surface area contributed by atoms with Gasteiger partial charge in [0.05, 0.1) is 16.7 Å². The standard InChI is InChI=1S/C16H13F3N4O3S/c1-20-15(27)22-21-9-10-4-2-3-5-13(10)26-14-7-6-11(16(17,18)19)8-12(14)23(24)25/h2-9H,1H3,(H2,20,22,27)/b21-9+. The first kappa shape index (κ1) is 20.1. The summed E-state index contributed by atoms with van der Waals surface area (Å²) in [5, 5.41) is 18.0. The summed E-state index contributed by atoms with van der Waals surface area (Å²) in [5.41, 5.74) is 1.02. The fourth-order valence-electron chi connectivity index (χ4n) is 1.94. The van der Waals surface area contributed by atoms with Gasteiger partial charge in [-0.3, -0.25) is 15.5 Å². The predicted molar refractivity (Wildman–Crippen MR) is 97.0 cm³/mol. The summed E-state index contributed by atoms with van der Waals surface area (Å²) in [7, 11) is 1.60. The highest BCUT2D eigenvalue weighted by atomic mass is 32.1. The zero-order chi connectivity index (χ0) is 20.0. The van der Waals surface area contributed by atoms with Crippen LogP contribution in [0.2, 0.25) is 0 Å². The summed E-state index contributed by atoms with van der Waals surface area (Å²) in [6.45, 7) is 0. The number of alkyl halides is 3. The molecular weight excluding hydrogens is 385 g/mol. The lowest BCUT2D eigenvalue weighted by Crippen LogP contribution is -2.28. The Morgan fingerprint density at radius 1 is 1.26 bits per heavy atom. The molecule has 0 fully saturated rings. The van der Waals surface area contributed by atoms with Crippen LogP contribution in [0.5, 0.6) is 11.5 Å². The highest BCUT2D eigenvalue weighted by Gasteiger charge is 2.33. The number of para-hydroxylation sites is 1. The van der Waals surface area contributed by atoms with Crippen LogP contribution in [0.25, 0.3) is 0 Å². The summed E-state index contributed by atoms with van der Waals surface area (Å²) < 4.78 is 43.8. The summed E-state index contributed by atoms with van der Waals surface area (Å²) in [6.07, 6.45) is -3.35. The van der Waals surface area contributed by atoms with Gasteiger partial charge in [-0.2, -0.15) is 18.3 Å². The third-order valence-electron chi connectivity index (χ3n) is 3.22. The number of hydrazone groups is 1. The first-order chi connectivity index (χ1) is 12.7. The summed E-state index contributed by atoms with van der Waals surface area (Å²) in [5.74, 6) is -0.158. The van der Waals surface area contributed by atoms with Crippen molar-refractivity contribution >= 4 is 29.2 Å². The van der Waals surface area contributed by atoms with Gasteiger partial charge in [0.15, 0.2) is 5.11 Å². The number of hydrogen-bond acceptors (Lipinski definition) is 5. The van der Waals surface area contributed by atoms with Crippen molar-refractivity contribution in [1.82, 2.24) is 10.7 Å². The van der Waals surface area contributed by atoms with Crippen LogP contribution in [0, 0.1) is 10.1 Å². The van der Waals surface area contributed by atoms with Crippen molar-refractivity contribution in [2.24, 2.45) is 5.10 Å². The van der Waals surface area contributed by atoms with Gasteiger partial charge in [-0.1, -0.05) is 12.1 Å². The van der Waals surface area contributed by atoms with Crippen molar-refractivity contribution < 1.29 is 22.8 Å². The SMILES string of the molecule is CNC(=S)N/N=C/c1ccccc1Oc1ccc(C(F)(F)F)cc1[N+](=O)[O-]. The minimum Gasteiger partial charge on any atom is -0.449 e. The lowest BCUT2D eigenvalue weighted by molar-refractivity contribution is -0.385. The van der Waals surface area contributed by atoms with Gasteiger partial charge in [-0.05, 0) is 36.5 Å². The number of benzene rings is 2. The van der Waals surface area contributed by atoms with E-state index in [0.717, 1.165) is 6.07 Å². The number of halogens is 3. The Hall–Kier alpha value is -3.21. The largest absolute Gasteiger partial charge is 0.449 e. The minimum atomic E-state index is -4.70. The van der Waals surface area contributed by atoms with Crippen molar-refractivity contribution in [3.05, 3.63) is 63.7 Å². The van der Waals surface area contributed by atoms with E-state index in [1.807, 2.05) is 0 Å². The van der Waals surface area contributed by atoms with E-state index in [1.54, 1.807) is 25.2 Å². The molecule has 0 bridgehead atoms. The number of thiocarbonyl (C=S) groups is 1. The topological polar surface area (TPSA) is 88.8 Å². The molecule has 27 heavy (non-hydrogen) atoms. The zero-order valence-corrected chi connectivity index (χ0v) is 14.6. The first-order valence-electron chi connectivity index (χ1n) is 7.35. The molecule has 0 atom stereocenters. The van der Waals surface area contributed by atoms with Gasteiger partial charge in [0.2, 0.25) is 5.75 Å². The summed E-state index contributed by atoms with van der Waals surface area (Å²) >= 11 is 4.86. The Morgan fingerprint density at radius 2 is 1.96 bits per heavy atom. The molecule has 0 saturated heterocycles. The van der Waals surface area contributed by atoms with Crippen LogP contribution in [0.3, 0.4) is 0 Å². The molecule has 0 aliphatic heterocycles. The molecule has 0 amide bonds. The Balaban J connectivity index is 2.34. The van der Waals surface area contributed by atoms with Gasteiger partial charge in [-0.15, -0.1) is 0 Å². The number of nitrogens with zero attached hydrogens (tertiary/aromatic N) is 2. The van der Waals surface area contributed by atoms with Crippen LogP contribution < -0.4 is 15.5 Å². The van der Waals surface area contributed by atoms with Crippen LogP contribution in [-0.2, 0) is 6.18 Å². The number of nitro benzene ring substituents is 1. The number of nitrogens with one attached hydrogen (secondary N) is 2. The fraction of sp³-hybridized carbons (Fsp3) is 0.125. The molecule has 0 aliphatic rings. The monoisotopic (exact) mass is 398 g/mol. The zero-order valence-electron chi connectivity index (χ0n) is 13.8. The number of nitro groups is 1. The molecule has 0 saturated carbocycles. The molecular formula is C16H13F3N4O3S. The van der Waals surface area contributed by atoms with Gasteiger partial charge >= 0.3 is 11.9 Å². The van der Waals surface area contributed by atoms with E-state index >= 15 is 0 Å². The number of rotatable bonds is 5. The second-order valence-electron chi connectivity index (χ2n) is 5.03. The molecule has 2 aromatic carbocycles. The Labute approximate surface area is 157 Å². The normalized spacial score (nSPS) is 11.3. The fourth-order valence-corrected chi connectivity index (χ4v) is 1.99. The molecule has 7 nitrogen and oxygen atoms in total. The van der Waals surface area contributed by atoms with E-state index in [2.05, 4.69) is 15.8 Å². The predicted octanol–water partition coefficient (Wildman–Crippen LogP) is 3.83. The van der Waals surface area contributed by atoms with Gasteiger partial charge in [0.25, 0.3) is 0 Å². The summed E-state index contributed by atoms with van der Waals surface area (Å²) in [6, 6.07) is 8.44. The van der Waals surface area contributed by atoms with Crippen molar-refractivity contribution in [3.8, 4) is 11.5 Å². The van der Waals surface area contributed by atoms with Crippen LogP contribution >= 0.6 is 12.2 Å². The van der Waals surface area contributed by atoms with E-state index in [0.29, 0.717) is 17.7 Å². The van der Waals surface area contributed by atoms with Crippen LogP contribution in [-0.4, -0.2) is 23.3 Å². The molecule has 0 heterocycles. The molecule has 2 N–H and O–H groups in total. The second-order valence-corrected chi connectivity index (χ2v) is 5.43. The quantitative estimate of drug-likeness (QED) is 0.344. The van der Waals surface area contributed by atoms with Crippen molar-refractivity contribution in [2.45, 2.75) is 6.18 Å². The molecule has 0 aromatic heterocycles. The average Bonchev–Trinajstić information content (AvgIpc) is 2.62. The van der Waals surface area contributed by atoms with Crippen molar-refractivity contribution in [2.75, 3.05) is 7.05 Å². The molecule has 2 rings (SSSR count). The van der Waals surface area contributed by atoms with Gasteiger partial charge in [0, 0.05) is 18.7 Å². The maximum atomic E-state index is 12.8. The maximum Gasteiger partial charge on any atom is 0.416 e. The molecule has 142 valence electrons. The van der Waals surface area contributed by atoms with Gasteiger partial charge < -0.3 is 10.1 Å². The Bertz CT molecular complexity index is 887. The van der Waals surface area contributed by atoms with Crippen LogP contribution in [0.4, 0.5) is 18.9 Å². The van der Waals surface area contributed by atoms with Crippen LogP contribution in [0.1, 0.15) is 11.1 Å². The molecule has 11 heteroatoms. The molecule has 0 aliphatic carbocycles. The van der Waals surface area contributed by atoms with E-state index in [4.69, 9.17) is 17.0 Å². The third kappa shape index (κ3) is 5.38. The smallest absolute Gasteiger partial charge is 0.416 e. The van der Waals surface area contributed by atoms with Crippen molar-refractivity contribution in [1.29, 1.82) is 0 Å². The molecule has 0 unspecified atom stereocenters. The number of hydrogen-bond donors (Lipinski definition) is 2. The molecule has 0 radical (unpaired) electrons. The Morgan fingerprint density at radius 3 is 2.59 bits per heavy atom. The first-order valence-corrected chi connectivity index (χ1v) is 7.76. The molecule has 0 spiro atoms. The maximum absolute atomic E-state index is 12.8. The van der Waals surface area contributed by atoms with E-state index in [-0.39, 0.29) is 16.6 Å². The highest BCUT2D eigenvalue weighted by molar-refractivity contribution is 7.80. The van der Waals surface area contributed by atoms with E-state index < -0.39 is 22.4 Å². The minimum absolute atomic E-state index is 0.168. The Kier molecular flexibility index (Phi) is 6.29. The summed E-state index contributed by atoms with van der Waals surface area (Å²) in [4.78, 5) is 10.2. The van der Waals surface area contributed by atoms with E-state index in [1.165, 1.54) is 12.3 Å². The molecule has 2 aromatic rings. The average molecular weight is 398 g/mol. The third-order valence-corrected chi connectivity index (χ3v) is 3.51. The lowest BCUT2D eigenvalue weighted by Gasteiger charge is -2.11. The highest BCUT2D eigenvalue weighted by Crippen LogP contribution is 2.38. The van der Waals surface area contributed by atoms with E-state index in [9.17, 15) is 23.3 Å².